The zero-order valence-electron chi connectivity index (χ0n) is 12.0. The van der Waals surface area contributed by atoms with Crippen molar-refractivity contribution in [3.05, 3.63) is 35.4 Å². The number of nitrogens with one attached hydrogen (secondary N) is 1. The van der Waals surface area contributed by atoms with Crippen LogP contribution in [0.25, 0.3) is 0 Å². The number of carbonyl (C=O) groups is 2. The lowest BCUT2D eigenvalue weighted by atomic mass is 10.1. The number of carboxylic acid groups (broad SMARTS) is 1. The first-order chi connectivity index (χ1) is 9.99. The highest BCUT2D eigenvalue weighted by Crippen LogP contribution is 2.18. The molecular weight excluding hydrogens is 272 g/mol. The first-order valence-corrected chi connectivity index (χ1v) is 6.99. The van der Waals surface area contributed by atoms with Crippen LogP contribution >= 0.6 is 0 Å². The van der Waals surface area contributed by atoms with Gasteiger partial charge in [-0.3, -0.25) is 0 Å². The van der Waals surface area contributed by atoms with Crippen molar-refractivity contribution in [3.8, 4) is 0 Å². The summed E-state index contributed by atoms with van der Waals surface area (Å²) in [4.78, 5) is 24.3. The summed E-state index contributed by atoms with van der Waals surface area (Å²) < 4.78 is 0. The summed E-state index contributed by atoms with van der Waals surface area (Å²) in [6, 6.07) is 6.53. The minimum atomic E-state index is -1.08. The van der Waals surface area contributed by atoms with Crippen molar-refractivity contribution < 1.29 is 19.8 Å². The van der Waals surface area contributed by atoms with Crippen molar-refractivity contribution >= 4 is 12.0 Å². The molecule has 2 rings (SSSR count). The van der Waals surface area contributed by atoms with Gasteiger partial charge in [0.15, 0.2) is 0 Å². The lowest BCUT2D eigenvalue weighted by Crippen LogP contribution is -2.46. The number of likely N-dealkylation sites (tertiary alicyclic amines) is 1. The molecule has 3 N–H and O–H groups in total. The topological polar surface area (TPSA) is 89.9 Å². The van der Waals surface area contributed by atoms with Crippen molar-refractivity contribution in [2.75, 3.05) is 13.1 Å². The number of aliphatic hydroxyl groups excluding tert-OH is 1. The van der Waals surface area contributed by atoms with Crippen LogP contribution in [0.4, 0.5) is 4.79 Å². The van der Waals surface area contributed by atoms with Gasteiger partial charge in [0.2, 0.25) is 0 Å². The monoisotopic (exact) mass is 292 g/mol. The number of aliphatic hydroxyl groups is 1. The highest BCUT2D eigenvalue weighted by atomic mass is 16.4. The Labute approximate surface area is 123 Å². The third kappa shape index (κ3) is 3.72. The molecule has 0 saturated carbocycles. The minimum Gasteiger partial charge on any atom is -0.480 e. The van der Waals surface area contributed by atoms with Gasteiger partial charge in [-0.1, -0.05) is 24.3 Å². The summed E-state index contributed by atoms with van der Waals surface area (Å²) in [6.45, 7) is 2.50. The number of nitrogens with zero attached hydrogens (tertiary/aromatic N) is 1. The highest BCUT2D eigenvalue weighted by molar-refractivity contribution is 5.83. The van der Waals surface area contributed by atoms with Gasteiger partial charge in [0.05, 0.1) is 6.10 Å². The van der Waals surface area contributed by atoms with E-state index in [9.17, 15) is 14.7 Å². The third-order valence-corrected chi connectivity index (χ3v) is 3.76. The highest BCUT2D eigenvalue weighted by Gasteiger charge is 2.38. The first kappa shape index (κ1) is 15.3. The molecule has 1 aromatic carbocycles. The van der Waals surface area contributed by atoms with E-state index >= 15 is 0 Å². The van der Waals surface area contributed by atoms with Crippen LogP contribution in [0.5, 0.6) is 0 Å². The van der Waals surface area contributed by atoms with Gasteiger partial charge in [-0.25, -0.2) is 9.59 Å². The molecule has 0 unspecified atom stereocenters. The molecule has 6 heteroatoms. The molecule has 2 atom stereocenters. The fourth-order valence-corrected chi connectivity index (χ4v) is 2.57. The predicted octanol–water partition coefficient (Wildman–Crippen LogP) is 0.767. The summed E-state index contributed by atoms with van der Waals surface area (Å²) in [5, 5.41) is 21.3. The molecule has 0 aromatic heterocycles. The van der Waals surface area contributed by atoms with Crippen LogP contribution in [-0.2, 0) is 11.2 Å². The Kier molecular flexibility index (Phi) is 4.80. The summed E-state index contributed by atoms with van der Waals surface area (Å²) in [7, 11) is 0. The zero-order valence-corrected chi connectivity index (χ0v) is 12.0. The lowest BCUT2D eigenvalue weighted by molar-refractivity contribution is -0.141. The molecule has 6 nitrogen and oxygen atoms in total. The van der Waals surface area contributed by atoms with Gasteiger partial charge < -0.3 is 20.4 Å². The molecule has 1 aromatic rings. The van der Waals surface area contributed by atoms with E-state index in [0.717, 1.165) is 11.1 Å². The molecular formula is C15H20N2O4. The molecule has 1 aliphatic heterocycles. The van der Waals surface area contributed by atoms with Crippen LogP contribution in [0.2, 0.25) is 0 Å². The second kappa shape index (κ2) is 6.58. The minimum absolute atomic E-state index is 0.0627. The van der Waals surface area contributed by atoms with Crippen LogP contribution in [-0.4, -0.2) is 52.3 Å². The summed E-state index contributed by atoms with van der Waals surface area (Å²) in [5.74, 6) is -1.08. The van der Waals surface area contributed by atoms with Crippen LogP contribution < -0.4 is 5.32 Å². The number of carboxylic acids is 1. The second-order valence-electron chi connectivity index (χ2n) is 5.30. The Hall–Kier alpha value is -2.08. The smallest absolute Gasteiger partial charge is 0.326 e. The fourth-order valence-electron chi connectivity index (χ4n) is 2.57. The Morgan fingerprint density at radius 2 is 2.10 bits per heavy atom. The van der Waals surface area contributed by atoms with Gasteiger partial charge in [0.25, 0.3) is 0 Å². The average molecular weight is 292 g/mol. The maximum atomic E-state index is 12.0. The fraction of sp³-hybridized carbons (Fsp3) is 0.467. The largest absolute Gasteiger partial charge is 0.480 e. The quantitative estimate of drug-likeness (QED) is 0.764. The van der Waals surface area contributed by atoms with Crippen molar-refractivity contribution in [1.82, 2.24) is 10.2 Å². The summed E-state index contributed by atoms with van der Waals surface area (Å²) in [6.07, 6.45) is 0.000756. The van der Waals surface area contributed by atoms with E-state index in [-0.39, 0.29) is 13.0 Å². The lowest BCUT2D eigenvalue weighted by Gasteiger charge is -2.21. The van der Waals surface area contributed by atoms with Crippen LogP contribution in [0.3, 0.4) is 0 Å². The zero-order chi connectivity index (χ0) is 15.4. The Bertz CT molecular complexity index is 532. The van der Waals surface area contributed by atoms with Crippen molar-refractivity contribution in [2.45, 2.75) is 31.9 Å². The number of hydrogen-bond donors (Lipinski definition) is 3. The molecule has 0 radical (unpaired) electrons. The summed E-state index contributed by atoms with van der Waals surface area (Å²) >= 11 is 0. The SMILES string of the molecule is Cc1ccccc1CCNC(=O)N1C[C@H](O)C[C@H]1C(=O)O. The number of aliphatic carboxylic acids is 1. The molecule has 2 amide bonds. The van der Waals surface area contributed by atoms with Gasteiger partial charge in [-0.05, 0) is 24.5 Å². The Morgan fingerprint density at radius 1 is 1.38 bits per heavy atom. The van der Waals surface area contributed by atoms with E-state index < -0.39 is 24.1 Å². The standard InChI is InChI=1S/C15H20N2O4/c1-10-4-2-3-5-11(10)6-7-16-15(21)17-9-12(18)8-13(17)14(19)20/h2-5,12-13,18H,6-9H2,1H3,(H,16,21)(H,19,20)/t12-,13+/m1/s1. The first-order valence-electron chi connectivity index (χ1n) is 6.99. The number of urea groups is 1. The molecule has 21 heavy (non-hydrogen) atoms. The van der Waals surface area contributed by atoms with Crippen LogP contribution in [0.15, 0.2) is 24.3 Å². The van der Waals surface area contributed by atoms with Crippen LogP contribution in [0, 0.1) is 6.92 Å². The molecule has 1 aliphatic rings. The van der Waals surface area contributed by atoms with Gasteiger partial charge in [-0.15, -0.1) is 0 Å². The van der Waals surface area contributed by atoms with Crippen molar-refractivity contribution in [2.24, 2.45) is 0 Å². The van der Waals surface area contributed by atoms with Crippen LogP contribution in [0.1, 0.15) is 17.5 Å². The van der Waals surface area contributed by atoms with E-state index in [1.54, 1.807) is 0 Å². The second-order valence-corrected chi connectivity index (χ2v) is 5.30. The van der Waals surface area contributed by atoms with Gasteiger partial charge in [0, 0.05) is 19.5 Å². The maximum absolute atomic E-state index is 12.0. The number of hydrogen-bond acceptors (Lipinski definition) is 3. The summed E-state index contributed by atoms with van der Waals surface area (Å²) in [5.41, 5.74) is 2.31. The molecule has 1 heterocycles. The number of β-amino-alcohol motifs (C(OH)–C–C–N with tert-alkyl or cyclic N) is 1. The molecule has 0 bridgehead atoms. The average Bonchev–Trinajstić information content (AvgIpc) is 2.83. The number of amides is 2. The van der Waals surface area contributed by atoms with Gasteiger partial charge in [0.1, 0.15) is 6.04 Å². The van der Waals surface area contributed by atoms with E-state index in [2.05, 4.69) is 5.32 Å². The third-order valence-electron chi connectivity index (χ3n) is 3.76. The molecule has 0 aliphatic carbocycles. The molecule has 1 fully saturated rings. The molecule has 1 saturated heterocycles. The number of carbonyl (C=O) groups excluding carboxylic acids is 1. The number of benzene rings is 1. The van der Waals surface area contributed by atoms with E-state index in [1.807, 2.05) is 31.2 Å². The Balaban J connectivity index is 1.87. The van der Waals surface area contributed by atoms with Crippen molar-refractivity contribution in [3.63, 3.8) is 0 Å². The molecule has 0 spiro atoms. The van der Waals surface area contributed by atoms with Gasteiger partial charge in [-0.2, -0.15) is 0 Å². The predicted molar refractivity (Wildman–Crippen MR) is 77.0 cm³/mol. The van der Waals surface area contributed by atoms with E-state index in [0.29, 0.717) is 13.0 Å². The molecule has 114 valence electrons. The normalized spacial score (nSPS) is 21.3. The van der Waals surface area contributed by atoms with Gasteiger partial charge >= 0.3 is 12.0 Å². The Morgan fingerprint density at radius 3 is 2.76 bits per heavy atom. The number of rotatable bonds is 4. The van der Waals surface area contributed by atoms with E-state index in [1.165, 1.54) is 4.90 Å². The maximum Gasteiger partial charge on any atom is 0.326 e. The van der Waals surface area contributed by atoms with E-state index in [4.69, 9.17) is 5.11 Å². The number of aryl methyl sites for hydroxylation is 1. The van der Waals surface area contributed by atoms with Crippen molar-refractivity contribution in [1.29, 1.82) is 0 Å².